The van der Waals surface area contributed by atoms with Gasteiger partial charge in [0.2, 0.25) is 11.8 Å². The van der Waals surface area contributed by atoms with Crippen molar-refractivity contribution in [2.45, 2.75) is 18.3 Å². The van der Waals surface area contributed by atoms with Crippen molar-refractivity contribution in [3.05, 3.63) is 53.5 Å². The lowest BCUT2D eigenvalue weighted by molar-refractivity contribution is 0.353. The van der Waals surface area contributed by atoms with Crippen molar-refractivity contribution in [1.82, 2.24) is 20.2 Å². The summed E-state index contributed by atoms with van der Waals surface area (Å²) in [4.78, 5) is 8.34. The second-order valence-corrected chi connectivity index (χ2v) is 6.47. The maximum Gasteiger partial charge on any atom is 0.319 e. The summed E-state index contributed by atoms with van der Waals surface area (Å²) in [6.07, 6.45) is 2.53. The van der Waals surface area contributed by atoms with Crippen LogP contribution in [0.2, 0.25) is 0 Å². The minimum atomic E-state index is -0.238. The van der Waals surface area contributed by atoms with E-state index in [9.17, 15) is 4.39 Å². The molecule has 0 bridgehead atoms. The number of hydrogen-bond acceptors (Lipinski definition) is 7. The molecule has 0 N–H and O–H groups in total. The highest BCUT2D eigenvalue weighted by atomic mass is 19.1. The maximum absolute atomic E-state index is 13.2. The summed E-state index contributed by atoms with van der Waals surface area (Å²) < 4.78 is 29.0. The van der Waals surface area contributed by atoms with Crippen LogP contribution in [0.5, 0.6) is 17.8 Å². The van der Waals surface area contributed by atoms with Crippen molar-refractivity contribution in [3.63, 3.8) is 0 Å². The minimum absolute atomic E-state index is 0.209. The summed E-state index contributed by atoms with van der Waals surface area (Å²) in [5.74, 6) is 1.10. The lowest BCUT2D eigenvalue weighted by Crippen LogP contribution is -2.02. The van der Waals surface area contributed by atoms with Gasteiger partial charge in [0.25, 0.3) is 0 Å². The molecule has 7 nitrogen and oxygen atoms in total. The molecule has 2 heterocycles. The van der Waals surface area contributed by atoms with Crippen molar-refractivity contribution in [3.8, 4) is 29.0 Å². The zero-order valence-corrected chi connectivity index (χ0v) is 15.7. The summed E-state index contributed by atoms with van der Waals surface area (Å²) >= 11 is 0. The van der Waals surface area contributed by atoms with Crippen LogP contribution in [0.25, 0.3) is 11.3 Å². The van der Waals surface area contributed by atoms with E-state index >= 15 is 0 Å². The van der Waals surface area contributed by atoms with E-state index in [0.717, 1.165) is 17.5 Å². The number of hydrogen-bond donors (Lipinski definition) is 0. The fraction of sp³-hybridized carbons (Fsp3) is 0.300. The normalized spacial score (nSPS) is 17.9. The average molecular weight is 382 g/mol. The van der Waals surface area contributed by atoms with Gasteiger partial charge in [0.05, 0.1) is 26.9 Å². The Morgan fingerprint density at radius 1 is 0.929 bits per heavy atom. The summed E-state index contributed by atoms with van der Waals surface area (Å²) in [6.45, 7) is 0. The molecule has 2 aromatic heterocycles. The van der Waals surface area contributed by atoms with E-state index in [0.29, 0.717) is 28.9 Å². The third-order valence-electron chi connectivity index (χ3n) is 4.85. The number of methoxy groups -OCH3 is 3. The standard InChI is InChI=1S/C20H19FN4O3/c1-26-18-16(10-22-20(23-18)28-3)17-9-15(19(27-2)25-24-17)14-8-13(14)11-4-6-12(21)7-5-11/h4-7,9-10,13-14H,8H2,1-3H3. The summed E-state index contributed by atoms with van der Waals surface area (Å²) in [5, 5.41) is 8.46. The van der Waals surface area contributed by atoms with E-state index in [2.05, 4.69) is 20.2 Å². The third kappa shape index (κ3) is 3.33. The molecule has 0 aliphatic heterocycles. The second-order valence-electron chi connectivity index (χ2n) is 6.47. The largest absolute Gasteiger partial charge is 0.480 e. The van der Waals surface area contributed by atoms with Crippen LogP contribution in [0.3, 0.4) is 0 Å². The molecule has 1 saturated carbocycles. The first kappa shape index (κ1) is 18.1. The SMILES string of the molecule is COc1ncc(-c2cc(C3CC3c3ccc(F)cc3)c(OC)nn2)c(OC)n1. The number of halogens is 1. The summed E-state index contributed by atoms with van der Waals surface area (Å²) in [5.41, 5.74) is 3.23. The number of benzene rings is 1. The Morgan fingerprint density at radius 2 is 1.68 bits per heavy atom. The van der Waals surface area contributed by atoms with Crippen molar-refractivity contribution in [2.75, 3.05) is 21.3 Å². The van der Waals surface area contributed by atoms with Gasteiger partial charge in [-0.1, -0.05) is 12.1 Å². The highest BCUT2D eigenvalue weighted by Crippen LogP contribution is 2.56. The molecule has 28 heavy (non-hydrogen) atoms. The molecule has 1 aliphatic carbocycles. The zero-order chi connectivity index (χ0) is 19.7. The van der Waals surface area contributed by atoms with Gasteiger partial charge in [-0.25, -0.2) is 9.37 Å². The number of aromatic nitrogens is 4. The fourth-order valence-electron chi connectivity index (χ4n) is 3.35. The number of nitrogens with zero attached hydrogens (tertiary/aromatic N) is 4. The average Bonchev–Trinajstić information content (AvgIpc) is 3.54. The summed E-state index contributed by atoms with van der Waals surface area (Å²) in [7, 11) is 4.58. The molecule has 0 amide bonds. The van der Waals surface area contributed by atoms with Gasteiger partial charge in [-0.2, -0.15) is 4.98 Å². The van der Waals surface area contributed by atoms with Crippen LogP contribution in [-0.2, 0) is 0 Å². The van der Waals surface area contributed by atoms with Gasteiger partial charge in [0, 0.05) is 11.8 Å². The molecule has 2 atom stereocenters. The molecule has 3 aromatic rings. The van der Waals surface area contributed by atoms with Gasteiger partial charge in [-0.3, -0.25) is 0 Å². The van der Waals surface area contributed by atoms with E-state index in [4.69, 9.17) is 14.2 Å². The molecule has 2 unspecified atom stereocenters. The highest BCUT2D eigenvalue weighted by molar-refractivity contribution is 5.65. The monoisotopic (exact) mass is 382 g/mol. The van der Waals surface area contributed by atoms with Gasteiger partial charge in [0.15, 0.2) is 0 Å². The van der Waals surface area contributed by atoms with Crippen LogP contribution in [0.1, 0.15) is 29.4 Å². The van der Waals surface area contributed by atoms with Crippen molar-refractivity contribution in [1.29, 1.82) is 0 Å². The Morgan fingerprint density at radius 3 is 2.36 bits per heavy atom. The Balaban J connectivity index is 1.69. The van der Waals surface area contributed by atoms with Gasteiger partial charge in [0.1, 0.15) is 11.5 Å². The molecular weight excluding hydrogens is 363 g/mol. The molecule has 8 heteroatoms. The predicted molar refractivity (Wildman–Crippen MR) is 99.2 cm³/mol. The lowest BCUT2D eigenvalue weighted by Gasteiger charge is -2.11. The Bertz CT molecular complexity index is 997. The fourth-order valence-corrected chi connectivity index (χ4v) is 3.35. The maximum atomic E-state index is 13.2. The van der Waals surface area contributed by atoms with E-state index in [1.54, 1.807) is 13.3 Å². The van der Waals surface area contributed by atoms with E-state index < -0.39 is 0 Å². The van der Waals surface area contributed by atoms with Gasteiger partial charge in [-0.05, 0) is 42.0 Å². The molecule has 0 radical (unpaired) electrons. The van der Waals surface area contributed by atoms with E-state index in [-0.39, 0.29) is 17.7 Å². The van der Waals surface area contributed by atoms with Crippen LogP contribution in [0.15, 0.2) is 36.5 Å². The first-order chi connectivity index (χ1) is 13.6. The molecule has 0 spiro atoms. The van der Waals surface area contributed by atoms with Crippen LogP contribution >= 0.6 is 0 Å². The first-order valence-corrected chi connectivity index (χ1v) is 8.77. The van der Waals surface area contributed by atoms with Crippen LogP contribution in [0.4, 0.5) is 4.39 Å². The molecule has 1 aromatic carbocycles. The van der Waals surface area contributed by atoms with Crippen molar-refractivity contribution < 1.29 is 18.6 Å². The Hall–Kier alpha value is -3.29. The predicted octanol–water partition coefficient (Wildman–Crippen LogP) is 3.37. The lowest BCUT2D eigenvalue weighted by atomic mass is 10.0. The molecule has 1 fully saturated rings. The highest BCUT2D eigenvalue weighted by Gasteiger charge is 2.42. The van der Waals surface area contributed by atoms with Gasteiger partial charge >= 0.3 is 6.01 Å². The molecule has 4 rings (SSSR count). The Kier molecular flexibility index (Phi) is 4.77. The smallest absolute Gasteiger partial charge is 0.319 e. The van der Waals surface area contributed by atoms with E-state index in [1.165, 1.54) is 26.4 Å². The first-order valence-electron chi connectivity index (χ1n) is 8.77. The quantitative estimate of drug-likeness (QED) is 0.647. The molecule has 0 saturated heterocycles. The number of ether oxygens (including phenoxy) is 3. The van der Waals surface area contributed by atoms with Crippen LogP contribution in [0, 0.1) is 5.82 Å². The topological polar surface area (TPSA) is 79.2 Å². The second kappa shape index (κ2) is 7.38. The molecular formula is C20H19FN4O3. The summed E-state index contributed by atoms with van der Waals surface area (Å²) in [6, 6.07) is 8.74. The minimum Gasteiger partial charge on any atom is -0.480 e. The van der Waals surface area contributed by atoms with Crippen LogP contribution in [-0.4, -0.2) is 41.5 Å². The third-order valence-corrected chi connectivity index (χ3v) is 4.85. The van der Waals surface area contributed by atoms with Crippen molar-refractivity contribution in [2.24, 2.45) is 0 Å². The Labute approximate surface area is 161 Å². The molecule has 144 valence electrons. The van der Waals surface area contributed by atoms with Gasteiger partial charge < -0.3 is 14.2 Å². The zero-order valence-electron chi connectivity index (χ0n) is 15.7. The van der Waals surface area contributed by atoms with Crippen molar-refractivity contribution >= 4 is 0 Å². The van der Waals surface area contributed by atoms with Crippen LogP contribution < -0.4 is 14.2 Å². The van der Waals surface area contributed by atoms with Gasteiger partial charge in [-0.15, -0.1) is 10.2 Å². The number of rotatable bonds is 6. The van der Waals surface area contributed by atoms with E-state index in [1.807, 2.05) is 18.2 Å². The molecule has 1 aliphatic rings.